The molecule has 30 heavy (non-hydrogen) atoms. The first-order chi connectivity index (χ1) is 14.6. The van der Waals surface area contributed by atoms with E-state index in [1.54, 1.807) is 6.26 Å². The molecule has 3 heterocycles. The van der Waals surface area contributed by atoms with Crippen molar-refractivity contribution < 1.29 is 9.21 Å². The quantitative estimate of drug-likeness (QED) is 0.545. The van der Waals surface area contributed by atoms with Crippen molar-refractivity contribution >= 4 is 29.3 Å². The van der Waals surface area contributed by atoms with Crippen molar-refractivity contribution in [1.82, 2.24) is 14.8 Å². The van der Waals surface area contributed by atoms with Gasteiger partial charge in [-0.05, 0) is 56.0 Å². The van der Waals surface area contributed by atoms with Crippen LogP contribution in [0, 0.1) is 0 Å². The molecule has 4 rings (SSSR count). The molecule has 1 aliphatic heterocycles. The summed E-state index contributed by atoms with van der Waals surface area (Å²) in [5, 5.41) is 12.2. The molecular formula is C22H27N5O2S. The van der Waals surface area contributed by atoms with Crippen LogP contribution in [0.5, 0.6) is 0 Å². The Balaban J connectivity index is 1.48. The minimum Gasteiger partial charge on any atom is -0.467 e. The van der Waals surface area contributed by atoms with Crippen LogP contribution in [-0.2, 0) is 17.8 Å². The van der Waals surface area contributed by atoms with Crippen LogP contribution in [0.1, 0.15) is 38.0 Å². The number of carbonyl (C=O) groups excluding carboxylic acids is 1. The first kappa shape index (κ1) is 20.5. The molecule has 158 valence electrons. The highest BCUT2D eigenvalue weighted by Gasteiger charge is 2.25. The van der Waals surface area contributed by atoms with Gasteiger partial charge in [0.05, 0.1) is 18.1 Å². The van der Waals surface area contributed by atoms with Crippen LogP contribution >= 0.6 is 11.8 Å². The Bertz CT molecular complexity index is 962. The van der Waals surface area contributed by atoms with Crippen molar-refractivity contribution in [3.05, 3.63) is 54.0 Å². The number of nitrogens with one attached hydrogen (secondary N) is 1. The highest BCUT2D eigenvalue weighted by molar-refractivity contribution is 8.00. The van der Waals surface area contributed by atoms with Gasteiger partial charge in [0.1, 0.15) is 5.76 Å². The number of rotatable bonds is 8. The molecule has 0 bridgehead atoms. The molecule has 1 N–H and O–H groups in total. The zero-order valence-electron chi connectivity index (χ0n) is 17.4. The van der Waals surface area contributed by atoms with E-state index in [-0.39, 0.29) is 11.2 Å². The predicted octanol–water partition coefficient (Wildman–Crippen LogP) is 4.20. The summed E-state index contributed by atoms with van der Waals surface area (Å²) in [6, 6.07) is 11.8. The molecule has 2 aromatic heterocycles. The van der Waals surface area contributed by atoms with E-state index in [4.69, 9.17) is 4.42 Å². The number of hydrogen-bond acceptors (Lipinski definition) is 6. The molecule has 0 saturated carbocycles. The highest BCUT2D eigenvalue weighted by Crippen LogP contribution is 2.29. The third kappa shape index (κ3) is 4.70. The Labute approximate surface area is 180 Å². The minimum absolute atomic E-state index is 0.0560. The van der Waals surface area contributed by atoms with E-state index in [1.807, 2.05) is 43.3 Å². The third-order valence-corrected chi connectivity index (χ3v) is 6.34. The largest absolute Gasteiger partial charge is 0.467 e. The standard InChI is InChI=1S/C22H27N5O2S/c1-3-17-8-10-18(11-9-17)23-20(28)16(2)30-22-25-24-21(26-12-4-5-13-26)27(22)15-19-7-6-14-29-19/h6-11,14,16H,3-5,12-13,15H2,1-2H3,(H,23,28). The SMILES string of the molecule is CCc1ccc(NC(=O)C(C)Sc2nnc(N3CCCC3)n2Cc2ccco2)cc1. The summed E-state index contributed by atoms with van der Waals surface area (Å²) < 4.78 is 7.60. The number of thioether (sulfide) groups is 1. The maximum absolute atomic E-state index is 12.7. The maximum atomic E-state index is 12.7. The lowest BCUT2D eigenvalue weighted by Crippen LogP contribution is -2.24. The molecule has 1 fully saturated rings. The monoisotopic (exact) mass is 425 g/mol. The number of nitrogens with zero attached hydrogens (tertiary/aromatic N) is 4. The molecule has 1 amide bonds. The van der Waals surface area contributed by atoms with Crippen LogP contribution in [0.25, 0.3) is 0 Å². The highest BCUT2D eigenvalue weighted by atomic mass is 32.2. The van der Waals surface area contributed by atoms with Gasteiger partial charge in [-0.15, -0.1) is 10.2 Å². The number of aromatic nitrogens is 3. The van der Waals surface area contributed by atoms with Gasteiger partial charge in [-0.25, -0.2) is 0 Å². The van der Waals surface area contributed by atoms with Crippen LogP contribution in [0.2, 0.25) is 0 Å². The average molecular weight is 426 g/mol. The second kappa shape index (κ2) is 9.38. The van der Waals surface area contributed by atoms with Crippen LogP contribution in [0.3, 0.4) is 0 Å². The summed E-state index contributed by atoms with van der Waals surface area (Å²) in [7, 11) is 0. The first-order valence-corrected chi connectivity index (χ1v) is 11.3. The summed E-state index contributed by atoms with van der Waals surface area (Å²) in [6.45, 7) is 6.50. The first-order valence-electron chi connectivity index (χ1n) is 10.4. The summed E-state index contributed by atoms with van der Waals surface area (Å²) in [6.07, 6.45) is 4.96. The van der Waals surface area contributed by atoms with Crippen molar-refractivity contribution in [1.29, 1.82) is 0 Å². The molecule has 8 heteroatoms. The molecule has 3 aromatic rings. The summed E-state index contributed by atoms with van der Waals surface area (Å²) >= 11 is 1.42. The maximum Gasteiger partial charge on any atom is 0.237 e. The molecular weight excluding hydrogens is 398 g/mol. The number of furan rings is 1. The van der Waals surface area contributed by atoms with Gasteiger partial charge in [-0.1, -0.05) is 30.8 Å². The van der Waals surface area contributed by atoms with E-state index in [0.717, 1.165) is 54.9 Å². The Hall–Kier alpha value is -2.74. The smallest absolute Gasteiger partial charge is 0.237 e. The Morgan fingerprint density at radius 1 is 1.20 bits per heavy atom. The predicted molar refractivity (Wildman–Crippen MR) is 119 cm³/mol. The third-order valence-electron chi connectivity index (χ3n) is 5.26. The van der Waals surface area contributed by atoms with E-state index in [1.165, 1.54) is 17.3 Å². The molecule has 0 aliphatic carbocycles. The Kier molecular flexibility index (Phi) is 6.42. The van der Waals surface area contributed by atoms with Crippen LogP contribution in [0.15, 0.2) is 52.2 Å². The zero-order valence-corrected chi connectivity index (χ0v) is 18.2. The van der Waals surface area contributed by atoms with Crippen molar-refractivity contribution in [3.8, 4) is 0 Å². The number of carbonyl (C=O) groups is 1. The number of anilines is 2. The second-order valence-electron chi connectivity index (χ2n) is 7.44. The molecule has 1 atom stereocenters. The lowest BCUT2D eigenvalue weighted by molar-refractivity contribution is -0.115. The van der Waals surface area contributed by atoms with Gasteiger partial charge < -0.3 is 14.6 Å². The summed E-state index contributed by atoms with van der Waals surface area (Å²) in [4.78, 5) is 15.0. The van der Waals surface area contributed by atoms with E-state index in [9.17, 15) is 4.79 Å². The average Bonchev–Trinajstić information content (AvgIpc) is 3.52. The molecule has 1 unspecified atom stereocenters. The molecule has 0 spiro atoms. The molecule has 1 aliphatic rings. The Morgan fingerprint density at radius 3 is 2.63 bits per heavy atom. The normalized spacial score (nSPS) is 14.8. The van der Waals surface area contributed by atoms with Gasteiger partial charge in [0, 0.05) is 18.8 Å². The molecule has 0 radical (unpaired) electrons. The van der Waals surface area contributed by atoms with E-state index in [2.05, 4.69) is 31.9 Å². The fraction of sp³-hybridized carbons (Fsp3) is 0.409. The topological polar surface area (TPSA) is 76.2 Å². The van der Waals surface area contributed by atoms with Gasteiger partial charge in [0.2, 0.25) is 11.9 Å². The number of aryl methyl sites for hydroxylation is 1. The fourth-order valence-corrected chi connectivity index (χ4v) is 4.34. The number of amides is 1. The summed E-state index contributed by atoms with van der Waals surface area (Å²) in [5.74, 6) is 1.62. The van der Waals surface area contributed by atoms with Gasteiger partial charge in [0.15, 0.2) is 5.16 Å². The lowest BCUT2D eigenvalue weighted by Gasteiger charge is -2.18. The number of benzene rings is 1. The molecule has 1 aromatic carbocycles. The summed E-state index contributed by atoms with van der Waals surface area (Å²) in [5.41, 5.74) is 2.05. The van der Waals surface area contributed by atoms with Crippen LogP contribution in [0.4, 0.5) is 11.6 Å². The van der Waals surface area contributed by atoms with Gasteiger partial charge in [0.25, 0.3) is 0 Å². The zero-order chi connectivity index (χ0) is 20.9. The van der Waals surface area contributed by atoms with Crippen molar-refractivity contribution in [3.63, 3.8) is 0 Å². The van der Waals surface area contributed by atoms with Gasteiger partial charge >= 0.3 is 0 Å². The Morgan fingerprint density at radius 2 is 1.97 bits per heavy atom. The van der Waals surface area contributed by atoms with Crippen molar-refractivity contribution in [2.24, 2.45) is 0 Å². The van der Waals surface area contributed by atoms with E-state index in [0.29, 0.717) is 6.54 Å². The van der Waals surface area contributed by atoms with Gasteiger partial charge in [-0.2, -0.15) is 0 Å². The molecule has 1 saturated heterocycles. The van der Waals surface area contributed by atoms with E-state index >= 15 is 0 Å². The van der Waals surface area contributed by atoms with Crippen LogP contribution in [-0.4, -0.2) is 39.0 Å². The molecule has 7 nitrogen and oxygen atoms in total. The van der Waals surface area contributed by atoms with Crippen LogP contribution < -0.4 is 10.2 Å². The lowest BCUT2D eigenvalue weighted by atomic mass is 10.1. The minimum atomic E-state index is -0.318. The number of hydrogen-bond donors (Lipinski definition) is 1. The second-order valence-corrected chi connectivity index (χ2v) is 8.75. The van der Waals surface area contributed by atoms with Crippen molar-refractivity contribution in [2.45, 2.75) is 50.1 Å². The van der Waals surface area contributed by atoms with E-state index < -0.39 is 0 Å². The van der Waals surface area contributed by atoms with Gasteiger partial charge in [-0.3, -0.25) is 9.36 Å². The van der Waals surface area contributed by atoms with Crippen molar-refractivity contribution in [2.75, 3.05) is 23.3 Å². The fourth-order valence-electron chi connectivity index (χ4n) is 3.50.